The number of nitrogens with one attached hydrogen (secondary N) is 1. The van der Waals surface area contributed by atoms with E-state index in [1.54, 1.807) is 41.2 Å². The van der Waals surface area contributed by atoms with Crippen molar-refractivity contribution in [1.29, 1.82) is 0 Å². The van der Waals surface area contributed by atoms with Crippen LogP contribution in [0.2, 0.25) is 0 Å². The summed E-state index contributed by atoms with van der Waals surface area (Å²) in [6.07, 6.45) is 1.95. The van der Waals surface area contributed by atoms with Crippen LogP contribution in [0, 0.1) is 5.92 Å². The fourth-order valence-electron chi connectivity index (χ4n) is 5.04. The van der Waals surface area contributed by atoms with Gasteiger partial charge in [-0.25, -0.2) is 14.6 Å². The molecule has 1 saturated heterocycles. The molecule has 0 saturated carbocycles. The van der Waals surface area contributed by atoms with Gasteiger partial charge in [0.1, 0.15) is 17.8 Å². The summed E-state index contributed by atoms with van der Waals surface area (Å²) in [4.78, 5) is 28.5. The Hall–Kier alpha value is -5.26. The van der Waals surface area contributed by atoms with E-state index in [-0.39, 0.29) is 17.2 Å². The molecule has 6 rings (SSSR count). The molecule has 3 heterocycles. The normalized spacial score (nSPS) is 13.9. The number of nitrogens with zero attached hydrogens (tertiary/aromatic N) is 6. The SMILES string of the molecule is O=C(NCC1CCN(c2ncnc(-c3cccc(-n4cccn4)c3)n2)CC1)c1cc(Oc2ccccc2)cc(C(F)(F)F)c1. The van der Waals surface area contributed by atoms with E-state index in [0.717, 1.165) is 36.2 Å². The van der Waals surface area contributed by atoms with Gasteiger partial charge in [-0.15, -0.1) is 0 Å². The van der Waals surface area contributed by atoms with E-state index < -0.39 is 17.6 Å². The fourth-order valence-corrected chi connectivity index (χ4v) is 5.04. The maximum Gasteiger partial charge on any atom is 0.416 e. The zero-order valence-corrected chi connectivity index (χ0v) is 23.5. The number of hydrogen-bond acceptors (Lipinski definition) is 7. The highest BCUT2D eigenvalue weighted by atomic mass is 19.4. The van der Waals surface area contributed by atoms with Crippen LogP contribution in [0.1, 0.15) is 28.8 Å². The number of rotatable bonds is 8. The molecule has 0 unspecified atom stereocenters. The predicted molar refractivity (Wildman–Crippen MR) is 158 cm³/mol. The second kappa shape index (κ2) is 12.5. The Morgan fingerprint density at radius 2 is 1.75 bits per heavy atom. The Bertz CT molecular complexity index is 1720. The average molecular weight is 600 g/mol. The van der Waals surface area contributed by atoms with E-state index in [9.17, 15) is 18.0 Å². The minimum absolute atomic E-state index is 0.0608. The van der Waals surface area contributed by atoms with Crippen molar-refractivity contribution in [3.8, 4) is 28.6 Å². The smallest absolute Gasteiger partial charge is 0.416 e. The lowest BCUT2D eigenvalue weighted by Gasteiger charge is -2.32. The van der Waals surface area contributed by atoms with E-state index in [2.05, 4.69) is 25.3 Å². The number of hydrogen-bond donors (Lipinski definition) is 1. The summed E-state index contributed by atoms with van der Waals surface area (Å²) in [5.41, 5.74) is 0.667. The number of piperidine rings is 1. The number of halogens is 3. The molecule has 0 atom stereocenters. The lowest BCUT2D eigenvalue weighted by Crippen LogP contribution is -2.39. The van der Waals surface area contributed by atoms with Gasteiger partial charge < -0.3 is 15.0 Å². The van der Waals surface area contributed by atoms with E-state index in [0.29, 0.717) is 37.2 Å². The van der Waals surface area contributed by atoms with Crippen LogP contribution in [-0.2, 0) is 6.18 Å². The van der Waals surface area contributed by atoms with Crippen LogP contribution in [0.15, 0.2) is 97.6 Å². The summed E-state index contributed by atoms with van der Waals surface area (Å²) < 4.78 is 48.1. The molecule has 0 radical (unpaired) electrons. The molecule has 1 aliphatic rings. The first-order valence-electron chi connectivity index (χ1n) is 14.1. The van der Waals surface area contributed by atoms with Crippen molar-refractivity contribution < 1.29 is 22.7 Å². The summed E-state index contributed by atoms with van der Waals surface area (Å²) in [5, 5.41) is 7.09. The van der Waals surface area contributed by atoms with Crippen molar-refractivity contribution in [3.05, 3.63) is 109 Å². The molecule has 44 heavy (non-hydrogen) atoms. The van der Waals surface area contributed by atoms with Gasteiger partial charge in [-0.05, 0) is 67.3 Å². The van der Waals surface area contributed by atoms with Gasteiger partial charge >= 0.3 is 6.18 Å². The lowest BCUT2D eigenvalue weighted by atomic mass is 9.97. The second-order valence-electron chi connectivity index (χ2n) is 10.4. The van der Waals surface area contributed by atoms with Gasteiger partial charge in [-0.2, -0.15) is 23.3 Å². The maximum absolute atomic E-state index is 13.6. The molecule has 1 amide bonds. The minimum atomic E-state index is -4.63. The number of amides is 1. The van der Waals surface area contributed by atoms with Gasteiger partial charge in [0.2, 0.25) is 5.95 Å². The van der Waals surface area contributed by atoms with E-state index in [1.165, 1.54) is 12.4 Å². The summed E-state index contributed by atoms with van der Waals surface area (Å²) >= 11 is 0. The van der Waals surface area contributed by atoms with Crippen LogP contribution in [0.3, 0.4) is 0 Å². The van der Waals surface area contributed by atoms with Crippen molar-refractivity contribution >= 4 is 11.9 Å². The molecule has 9 nitrogen and oxygen atoms in total. The van der Waals surface area contributed by atoms with Gasteiger partial charge in [-0.3, -0.25) is 4.79 Å². The van der Waals surface area contributed by atoms with Crippen molar-refractivity contribution in [3.63, 3.8) is 0 Å². The summed E-state index contributed by atoms with van der Waals surface area (Å²) in [7, 11) is 0. The monoisotopic (exact) mass is 599 g/mol. The van der Waals surface area contributed by atoms with Crippen LogP contribution in [0.5, 0.6) is 11.5 Å². The standard InChI is InChI=1S/C32H28F3N7O2/c33-32(34,35)25-16-24(18-28(19-25)44-27-8-2-1-3-9-27)30(43)36-20-22-10-14-41(15-11-22)31-38-21-37-29(40-31)23-6-4-7-26(17-23)42-13-5-12-39-42/h1-9,12-13,16-19,21-22H,10-11,14-15,20H2,(H,36,43). The zero-order chi connectivity index (χ0) is 30.5. The summed E-state index contributed by atoms with van der Waals surface area (Å²) in [6, 6.07) is 21.1. The van der Waals surface area contributed by atoms with E-state index >= 15 is 0 Å². The quantitative estimate of drug-likeness (QED) is 0.227. The Morgan fingerprint density at radius 3 is 2.50 bits per heavy atom. The number of carbonyl (C=O) groups excluding carboxylic acids is 1. The zero-order valence-electron chi connectivity index (χ0n) is 23.5. The van der Waals surface area contributed by atoms with Crippen LogP contribution < -0.4 is 15.0 Å². The van der Waals surface area contributed by atoms with Crippen LogP contribution in [0.25, 0.3) is 17.1 Å². The highest BCUT2D eigenvalue weighted by Crippen LogP contribution is 2.34. The number of para-hydroxylation sites is 1. The molecule has 0 aliphatic carbocycles. The fraction of sp³-hybridized carbons (Fsp3) is 0.219. The molecule has 1 fully saturated rings. The van der Waals surface area contributed by atoms with Gasteiger partial charge in [0.15, 0.2) is 5.82 Å². The third-order valence-electron chi connectivity index (χ3n) is 7.36. The van der Waals surface area contributed by atoms with Gasteiger partial charge in [0.25, 0.3) is 5.91 Å². The third-order valence-corrected chi connectivity index (χ3v) is 7.36. The van der Waals surface area contributed by atoms with Crippen molar-refractivity contribution in [2.24, 2.45) is 5.92 Å². The Morgan fingerprint density at radius 1 is 0.932 bits per heavy atom. The highest BCUT2D eigenvalue weighted by Gasteiger charge is 2.32. The number of alkyl halides is 3. The van der Waals surface area contributed by atoms with Crippen LogP contribution in [-0.4, -0.2) is 50.3 Å². The molecule has 224 valence electrons. The molecule has 0 spiro atoms. The molecule has 1 N–H and O–H groups in total. The number of ether oxygens (including phenoxy) is 1. The first kappa shape index (κ1) is 28.8. The van der Waals surface area contributed by atoms with Crippen molar-refractivity contribution in [1.82, 2.24) is 30.0 Å². The van der Waals surface area contributed by atoms with E-state index in [1.807, 2.05) is 36.5 Å². The average Bonchev–Trinajstić information content (AvgIpc) is 3.59. The molecule has 3 aromatic carbocycles. The number of aromatic nitrogens is 5. The number of benzene rings is 3. The molecule has 1 aliphatic heterocycles. The topological polar surface area (TPSA) is 98.1 Å². The summed E-state index contributed by atoms with van der Waals surface area (Å²) in [6.45, 7) is 1.66. The largest absolute Gasteiger partial charge is 0.457 e. The predicted octanol–water partition coefficient (Wildman–Crippen LogP) is 6.18. The van der Waals surface area contributed by atoms with Crippen LogP contribution in [0.4, 0.5) is 19.1 Å². The summed E-state index contributed by atoms with van der Waals surface area (Å²) in [5.74, 6) is 0.989. The van der Waals surface area contributed by atoms with Crippen LogP contribution >= 0.6 is 0 Å². The molecule has 2 aromatic heterocycles. The Kier molecular flexibility index (Phi) is 8.22. The first-order valence-corrected chi connectivity index (χ1v) is 14.1. The lowest BCUT2D eigenvalue weighted by molar-refractivity contribution is -0.137. The number of anilines is 1. The first-order chi connectivity index (χ1) is 21.3. The maximum atomic E-state index is 13.6. The van der Waals surface area contributed by atoms with Gasteiger partial charge in [0, 0.05) is 43.2 Å². The molecular formula is C32H28F3N7O2. The highest BCUT2D eigenvalue weighted by molar-refractivity contribution is 5.94. The molecule has 0 bridgehead atoms. The Labute approximate surface area is 251 Å². The van der Waals surface area contributed by atoms with Gasteiger partial charge in [-0.1, -0.05) is 30.3 Å². The van der Waals surface area contributed by atoms with Crippen molar-refractivity contribution in [2.75, 3.05) is 24.5 Å². The number of carbonyl (C=O) groups is 1. The molecule has 5 aromatic rings. The van der Waals surface area contributed by atoms with Crippen molar-refractivity contribution in [2.45, 2.75) is 19.0 Å². The Balaban J connectivity index is 1.07. The van der Waals surface area contributed by atoms with Gasteiger partial charge in [0.05, 0.1) is 11.3 Å². The molecule has 12 heteroatoms. The second-order valence-corrected chi connectivity index (χ2v) is 10.4. The third kappa shape index (κ3) is 6.86. The molecular weight excluding hydrogens is 571 g/mol. The minimum Gasteiger partial charge on any atom is -0.457 e. The van der Waals surface area contributed by atoms with E-state index in [4.69, 9.17) is 9.72 Å².